The fourth-order valence-corrected chi connectivity index (χ4v) is 1.37. The van der Waals surface area contributed by atoms with Gasteiger partial charge in [-0.05, 0) is 19.1 Å². The summed E-state index contributed by atoms with van der Waals surface area (Å²) in [5.41, 5.74) is -1.05. The molecule has 100 valence electrons. The zero-order valence-electron chi connectivity index (χ0n) is 9.43. The fraction of sp³-hybridized carbons (Fsp3) is 0.200. The van der Waals surface area contributed by atoms with Gasteiger partial charge in [0, 0.05) is 5.69 Å². The molecule has 0 spiro atoms. The van der Waals surface area contributed by atoms with Crippen molar-refractivity contribution in [3.8, 4) is 11.6 Å². The van der Waals surface area contributed by atoms with Gasteiger partial charge in [-0.25, -0.2) is 9.97 Å². The van der Waals surface area contributed by atoms with Gasteiger partial charge in [-0.2, -0.15) is 13.2 Å². The van der Waals surface area contributed by atoms with Crippen LogP contribution in [-0.4, -0.2) is 14.9 Å². The second-order valence-corrected chi connectivity index (χ2v) is 3.61. The standard InChI is InChI=1S/C10H6F3N3O3/c1-5-4-7(10(11,12)13)15-9(14-5)6-2-3-8(19-6)16(17)18/h2-4H,1H3. The SMILES string of the molecule is Cc1cc(C(F)(F)F)nc(-c2ccc([N+](=O)[O-])o2)n1. The van der Waals surface area contributed by atoms with Crippen molar-refractivity contribution in [3.05, 3.63) is 39.7 Å². The monoisotopic (exact) mass is 273 g/mol. The van der Waals surface area contributed by atoms with Crippen LogP contribution >= 0.6 is 0 Å². The molecule has 0 bridgehead atoms. The molecule has 0 aliphatic heterocycles. The third kappa shape index (κ3) is 2.69. The van der Waals surface area contributed by atoms with E-state index in [0.717, 1.165) is 18.2 Å². The van der Waals surface area contributed by atoms with E-state index in [2.05, 4.69) is 9.97 Å². The summed E-state index contributed by atoms with van der Waals surface area (Å²) in [7, 11) is 0. The number of aromatic nitrogens is 2. The Kier molecular flexibility index (Phi) is 2.97. The summed E-state index contributed by atoms with van der Waals surface area (Å²) < 4.78 is 42.5. The number of aryl methyl sites for hydroxylation is 1. The van der Waals surface area contributed by atoms with Crippen LogP contribution in [0.5, 0.6) is 0 Å². The third-order valence-electron chi connectivity index (χ3n) is 2.14. The minimum absolute atomic E-state index is 0.0800. The van der Waals surface area contributed by atoms with E-state index in [1.807, 2.05) is 0 Å². The Labute approximate surface area is 104 Å². The van der Waals surface area contributed by atoms with E-state index in [0.29, 0.717) is 0 Å². The minimum atomic E-state index is -4.62. The number of rotatable bonds is 2. The van der Waals surface area contributed by atoms with E-state index in [1.54, 1.807) is 0 Å². The molecule has 0 atom stereocenters. The number of hydrogen-bond donors (Lipinski definition) is 0. The van der Waals surface area contributed by atoms with Crippen LogP contribution in [0.4, 0.5) is 19.1 Å². The van der Waals surface area contributed by atoms with Gasteiger partial charge < -0.3 is 4.42 Å². The molecule has 0 aliphatic rings. The highest BCUT2D eigenvalue weighted by molar-refractivity contribution is 5.49. The lowest BCUT2D eigenvalue weighted by atomic mass is 10.3. The van der Waals surface area contributed by atoms with Gasteiger partial charge in [0.25, 0.3) is 0 Å². The Morgan fingerprint density at radius 3 is 2.53 bits per heavy atom. The van der Waals surface area contributed by atoms with Crippen molar-refractivity contribution in [1.82, 2.24) is 9.97 Å². The average molecular weight is 273 g/mol. The summed E-state index contributed by atoms with van der Waals surface area (Å²) >= 11 is 0. The molecule has 2 aromatic heterocycles. The number of nitro groups is 1. The topological polar surface area (TPSA) is 82.1 Å². The van der Waals surface area contributed by atoms with Gasteiger partial charge >= 0.3 is 12.1 Å². The lowest BCUT2D eigenvalue weighted by Gasteiger charge is -2.07. The van der Waals surface area contributed by atoms with Crippen LogP contribution in [0.25, 0.3) is 11.6 Å². The first kappa shape index (κ1) is 13.0. The van der Waals surface area contributed by atoms with Gasteiger partial charge in [0.1, 0.15) is 10.6 Å². The Morgan fingerprint density at radius 1 is 1.32 bits per heavy atom. The second kappa shape index (κ2) is 4.34. The lowest BCUT2D eigenvalue weighted by Crippen LogP contribution is -2.10. The molecular formula is C10H6F3N3O3. The molecule has 6 nitrogen and oxygen atoms in total. The second-order valence-electron chi connectivity index (χ2n) is 3.61. The van der Waals surface area contributed by atoms with Gasteiger partial charge in [-0.15, -0.1) is 0 Å². The van der Waals surface area contributed by atoms with Gasteiger partial charge in [-0.1, -0.05) is 0 Å². The number of hydrogen-bond acceptors (Lipinski definition) is 5. The van der Waals surface area contributed by atoms with Crippen LogP contribution in [0.3, 0.4) is 0 Å². The molecular weight excluding hydrogens is 267 g/mol. The van der Waals surface area contributed by atoms with Crippen molar-refractivity contribution >= 4 is 5.88 Å². The highest BCUT2D eigenvalue weighted by Crippen LogP contribution is 2.30. The van der Waals surface area contributed by atoms with Gasteiger partial charge in [0.15, 0.2) is 11.6 Å². The summed E-state index contributed by atoms with van der Waals surface area (Å²) in [6.45, 7) is 1.36. The molecule has 2 heterocycles. The smallest absolute Gasteiger partial charge is 0.397 e. The quantitative estimate of drug-likeness (QED) is 0.620. The van der Waals surface area contributed by atoms with E-state index < -0.39 is 22.7 Å². The molecule has 0 unspecified atom stereocenters. The van der Waals surface area contributed by atoms with Crippen molar-refractivity contribution in [2.75, 3.05) is 0 Å². The summed E-state index contributed by atoms with van der Waals surface area (Å²) in [6, 6.07) is 2.95. The molecule has 9 heteroatoms. The third-order valence-corrected chi connectivity index (χ3v) is 2.14. The van der Waals surface area contributed by atoms with E-state index >= 15 is 0 Å². The first-order valence-electron chi connectivity index (χ1n) is 4.95. The first-order valence-corrected chi connectivity index (χ1v) is 4.95. The summed E-state index contributed by atoms with van der Waals surface area (Å²) in [6.07, 6.45) is -4.62. The molecule has 0 fully saturated rings. The zero-order chi connectivity index (χ0) is 14.2. The van der Waals surface area contributed by atoms with Crippen molar-refractivity contribution in [3.63, 3.8) is 0 Å². The van der Waals surface area contributed by atoms with Gasteiger partial charge in [-0.3, -0.25) is 10.1 Å². The molecule has 0 saturated heterocycles. The first-order chi connectivity index (χ1) is 8.77. The maximum atomic E-state index is 12.6. The predicted molar refractivity (Wildman–Crippen MR) is 56.1 cm³/mol. The molecule has 0 N–H and O–H groups in total. The number of halogens is 3. The molecule has 0 amide bonds. The van der Waals surface area contributed by atoms with Crippen LogP contribution in [0.2, 0.25) is 0 Å². The maximum absolute atomic E-state index is 12.6. The molecule has 19 heavy (non-hydrogen) atoms. The normalized spacial score (nSPS) is 11.6. The van der Waals surface area contributed by atoms with Crippen LogP contribution in [-0.2, 0) is 6.18 Å². The van der Waals surface area contributed by atoms with Crippen molar-refractivity contribution in [2.24, 2.45) is 0 Å². The van der Waals surface area contributed by atoms with Gasteiger partial charge in [0.05, 0.1) is 6.07 Å². The van der Waals surface area contributed by atoms with E-state index in [1.165, 1.54) is 6.92 Å². The Hall–Kier alpha value is -2.45. The summed E-state index contributed by atoms with van der Waals surface area (Å²) in [4.78, 5) is 16.7. The largest absolute Gasteiger partial charge is 0.433 e. The molecule has 2 rings (SSSR count). The van der Waals surface area contributed by atoms with Crippen LogP contribution < -0.4 is 0 Å². The maximum Gasteiger partial charge on any atom is 0.433 e. The molecule has 0 saturated carbocycles. The summed E-state index contributed by atoms with van der Waals surface area (Å²) in [5.74, 6) is -1.13. The van der Waals surface area contributed by atoms with Crippen molar-refractivity contribution < 1.29 is 22.5 Å². The summed E-state index contributed by atoms with van der Waals surface area (Å²) in [5, 5.41) is 10.4. The molecule has 0 aromatic carbocycles. The van der Waals surface area contributed by atoms with Crippen molar-refractivity contribution in [2.45, 2.75) is 13.1 Å². The number of alkyl halides is 3. The highest BCUT2D eigenvalue weighted by atomic mass is 19.4. The molecule has 0 radical (unpaired) electrons. The number of nitrogens with zero attached hydrogens (tertiary/aromatic N) is 3. The van der Waals surface area contributed by atoms with E-state index in [-0.39, 0.29) is 17.3 Å². The number of furan rings is 1. The zero-order valence-corrected chi connectivity index (χ0v) is 9.43. The molecule has 0 aliphatic carbocycles. The van der Waals surface area contributed by atoms with E-state index in [9.17, 15) is 23.3 Å². The molecule has 2 aromatic rings. The Morgan fingerprint density at radius 2 is 2.00 bits per heavy atom. The van der Waals surface area contributed by atoms with Gasteiger partial charge in [0.2, 0.25) is 0 Å². The predicted octanol–water partition coefficient (Wildman–Crippen LogP) is 2.97. The van der Waals surface area contributed by atoms with E-state index in [4.69, 9.17) is 4.42 Å². The minimum Gasteiger partial charge on any atom is -0.397 e. The van der Waals surface area contributed by atoms with Crippen LogP contribution in [0, 0.1) is 17.0 Å². The van der Waals surface area contributed by atoms with Crippen LogP contribution in [0.1, 0.15) is 11.4 Å². The Bertz CT molecular complexity index is 636. The average Bonchev–Trinajstić information content (AvgIpc) is 2.76. The lowest BCUT2D eigenvalue weighted by molar-refractivity contribution is -0.401. The van der Waals surface area contributed by atoms with Crippen molar-refractivity contribution in [1.29, 1.82) is 0 Å². The Balaban J connectivity index is 2.50. The highest BCUT2D eigenvalue weighted by Gasteiger charge is 2.33. The van der Waals surface area contributed by atoms with Crippen LogP contribution in [0.15, 0.2) is 22.6 Å². The fourth-order valence-electron chi connectivity index (χ4n) is 1.37.